The molecule has 4 nitrogen and oxygen atoms in total. The van der Waals surface area contributed by atoms with Crippen LogP contribution >= 0.6 is 0 Å². The van der Waals surface area contributed by atoms with Gasteiger partial charge in [0.05, 0.1) is 22.9 Å². The molecule has 104 valence electrons. The maximum absolute atomic E-state index is 11.9. The molecule has 1 aromatic heterocycles. The van der Waals surface area contributed by atoms with Gasteiger partial charge < -0.3 is 13.7 Å². The molecule has 0 spiro atoms. The van der Waals surface area contributed by atoms with Crippen LogP contribution in [0.15, 0.2) is 39.7 Å². The molecule has 0 radical (unpaired) electrons. The Morgan fingerprint density at radius 3 is 2.30 bits per heavy atom. The normalized spacial score (nSPS) is 20.5. The molecule has 3 rings (SSSR count). The number of para-hydroxylation sites is 1. The molecule has 0 saturated carbocycles. The topological polar surface area (TPSA) is 48.7 Å². The summed E-state index contributed by atoms with van der Waals surface area (Å²) in [6, 6.07) is 6.85. The number of fused-ring (bicyclic) bond motifs is 1. The molecule has 0 bridgehead atoms. The van der Waals surface area contributed by atoms with E-state index in [1.165, 1.54) is 12.3 Å². The van der Waals surface area contributed by atoms with Gasteiger partial charge in [-0.05, 0) is 33.8 Å². The van der Waals surface area contributed by atoms with E-state index in [2.05, 4.69) is 0 Å². The van der Waals surface area contributed by atoms with Crippen molar-refractivity contribution in [1.29, 1.82) is 0 Å². The minimum Gasteiger partial charge on any atom is -0.464 e. The van der Waals surface area contributed by atoms with Gasteiger partial charge in [0.25, 0.3) is 0 Å². The van der Waals surface area contributed by atoms with Crippen molar-refractivity contribution in [2.45, 2.75) is 38.9 Å². The van der Waals surface area contributed by atoms with Crippen molar-refractivity contribution in [2.24, 2.45) is 0 Å². The van der Waals surface area contributed by atoms with Crippen LogP contribution in [-0.2, 0) is 9.31 Å². The van der Waals surface area contributed by atoms with Crippen molar-refractivity contribution in [2.75, 3.05) is 0 Å². The average molecular weight is 272 g/mol. The van der Waals surface area contributed by atoms with E-state index in [0.29, 0.717) is 11.0 Å². The third-order valence-corrected chi connectivity index (χ3v) is 4.22. The molecule has 1 fully saturated rings. The van der Waals surface area contributed by atoms with E-state index in [0.717, 1.165) is 5.46 Å². The summed E-state index contributed by atoms with van der Waals surface area (Å²) in [5.41, 5.74) is 0.367. The van der Waals surface area contributed by atoms with Crippen LogP contribution in [0.4, 0.5) is 0 Å². The number of hydrogen-bond donors (Lipinski definition) is 0. The summed E-state index contributed by atoms with van der Waals surface area (Å²) in [5.74, 6) is 0. The zero-order valence-electron chi connectivity index (χ0n) is 12.1. The van der Waals surface area contributed by atoms with Gasteiger partial charge in [0.2, 0.25) is 0 Å². The first-order valence-electron chi connectivity index (χ1n) is 6.68. The molecule has 0 amide bonds. The Hall–Kier alpha value is -1.59. The van der Waals surface area contributed by atoms with E-state index in [1.54, 1.807) is 6.07 Å². The smallest absolute Gasteiger partial charge is 0.464 e. The lowest BCUT2D eigenvalue weighted by Crippen LogP contribution is -2.41. The van der Waals surface area contributed by atoms with Gasteiger partial charge >= 0.3 is 7.12 Å². The molecule has 0 N–H and O–H groups in total. The SMILES string of the molecule is CC1(C)OB(c2cccc3c(=O)ccoc23)OC1(C)C. The minimum atomic E-state index is -0.533. The summed E-state index contributed by atoms with van der Waals surface area (Å²) in [4.78, 5) is 11.9. The first kappa shape index (κ1) is 13.4. The quantitative estimate of drug-likeness (QED) is 0.746. The van der Waals surface area contributed by atoms with Gasteiger partial charge in [-0.15, -0.1) is 0 Å². The van der Waals surface area contributed by atoms with Gasteiger partial charge in [-0.2, -0.15) is 0 Å². The van der Waals surface area contributed by atoms with Crippen molar-refractivity contribution >= 4 is 23.6 Å². The second-order valence-corrected chi connectivity index (χ2v) is 6.10. The van der Waals surface area contributed by atoms with Crippen LogP contribution < -0.4 is 10.9 Å². The molecule has 0 unspecified atom stereocenters. The minimum absolute atomic E-state index is 0.0652. The first-order chi connectivity index (χ1) is 9.32. The molecule has 1 aromatic carbocycles. The Balaban J connectivity index is 2.13. The van der Waals surface area contributed by atoms with Gasteiger partial charge in [0.1, 0.15) is 5.58 Å². The van der Waals surface area contributed by atoms with Crippen molar-refractivity contribution in [3.05, 3.63) is 40.8 Å². The molecule has 1 aliphatic heterocycles. The largest absolute Gasteiger partial charge is 0.498 e. The Kier molecular flexibility index (Phi) is 2.82. The van der Waals surface area contributed by atoms with Gasteiger partial charge in [-0.3, -0.25) is 4.79 Å². The lowest BCUT2D eigenvalue weighted by atomic mass is 9.78. The monoisotopic (exact) mass is 272 g/mol. The average Bonchev–Trinajstić information content (AvgIpc) is 2.58. The Morgan fingerprint density at radius 2 is 1.65 bits per heavy atom. The molecule has 1 saturated heterocycles. The third kappa shape index (κ3) is 1.89. The maximum atomic E-state index is 11.9. The fourth-order valence-electron chi connectivity index (χ4n) is 2.29. The van der Waals surface area contributed by atoms with Gasteiger partial charge in [0.15, 0.2) is 5.43 Å². The molecule has 1 aliphatic rings. The molecule has 5 heteroatoms. The fourth-order valence-corrected chi connectivity index (χ4v) is 2.29. The van der Waals surface area contributed by atoms with E-state index < -0.39 is 18.3 Å². The van der Waals surface area contributed by atoms with Crippen LogP contribution in [-0.4, -0.2) is 18.3 Å². The standard InChI is InChI=1S/C15H17BO4/c1-14(2)15(3,4)20-16(19-14)11-7-5-6-10-12(17)8-9-18-13(10)11/h5-9H,1-4H3. The molecule has 0 aliphatic carbocycles. The van der Waals surface area contributed by atoms with Crippen LogP contribution in [0.1, 0.15) is 27.7 Å². The predicted molar refractivity (Wildman–Crippen MR) is 78.2 cm³/mol. The second kappa shape index (κ2) is 4.20. The van der Waals surface area contributed by atoms with Crippen molar-refractivity contribution in [3.8, 4) is 0 Å². The Bertz CT molecular complexity index is 701. The fraction of sp³-hybridized carbons (Fsp3) is 0.400. The van der Waals surface area contributed by atoms with Crippen LogP contribution in [0, 0.1) is 0 Å². The van der Waals surface area contributed by atoms with Crippen molar-refractivity contribution in [1.82, 2.24) is 0 Å². The highest BCUT2D eigenvalue weighted by atomic mass is 16.7. The lowest BCUT2D eigenvalue weighted by Gasteiger charge is -2.32. The summed E-state index contributed by atoms with van der Waals surface area (Å²) in [7, 11) is -0.533. The van der Waals surface area contributed by atoms with Gasteiger partial charge in [-0.25, -0.2) is 0 Å². The summed E-state index contributed by atoms with van der Waals surface area (Å²) in [6.45, 7) is 7.98. The Labute approximate surface area is 117 Å². The van der Waals surface area contributed by atoms with Crippen LogP contribution in [0.25, 0.3) is 11.0 Å². The zero-order chi connectivity index (χ0) is 14.5. The Morgan fingerprint density at radius 1 is 1.00 bits per heavy atom. The van der Waals surface area contributed by atoms with Gasteiger partial charge in [0, 0.05) is 11.5 Å². The molecule has 0 atom stereocenters. The number of benzene rings is 1. The summed E-state index contributed by atoms with van der Waals surface area (Å²) in [5, 5.41) is 0.541. The zero-order valence-corrected chi connectivity index (χ0v) is 12.1. The molecule has 2 aromatic rings. The highest BCUT2D eigenvalue weighted by Crippen LogP contribution is 2.36. The summed E-state index contributed by atoms with van der Waals surface area (Å²) < 4.78 is 17.5. The van der Waals surface area contributed by atoms with E-state index in [1.807, 2.05) is 39.8 Å². The van der Waals surface area contributed by atoms with Crippen LogP contribution in [0.2, 0.25) is 0 Å². The lowest BCUT2D eigenvalue weighted by molar-refractivity contribution is 0.00578. The third-order valence-electron chi connectivity index (χ3n) is 4.22. The van der Waals surface area contributed by atoms with Crippen molar-refractivity contribution in [3.63, 3.8) is 0 Å². The van der Waals surface area contributed by atoms with E-state index in [-0.39, 0.29) is 5.43 Å². The summed E-state index contributed by atoms with van der Waals surface area (Å²) >= 11 is 0. The number of hydrogen-bond acceptors (Lipinski definition) is 4. The molecule has 2 heterocycles. The van der Waals surface area contributed by atoms with Crippen LogP contribution in [0.5, 0.6) is 0 Å². The van der Waals surface area contributed by atoms with Gasteiger partial charge in [-0.1, -0.05) is 12.1 Å². The predicted octanol–water partition coefficient (Wildman–Crippen LogP) is 2.09. The highest BCUT2D eigenvalue weighted by Gasteiger charge is 2.52. The van der Waals surface area contributed by atoms with Crippen molar-refractivity contribution < 1.29 is 13.7 Å². The number of rotatable bonds is 1. The van der Waals surface area contributed by atoms with E-state index >= 15 is 0 Å². The first-order valence-corrected chi connectivity index (χ1v) is 6.68. The van der Waals surface area contributed by atoms with E-state index in [4.69, 9.17) is 13.7 Å². The summed E-state index contributed by atoms with van der Waals surface area (Å²) in [6.07, 6.45) is 1.40. The molecular weight excluding hydrogens is 255 g/mol. The molecular formula is C15H17BO4. The maximum Gasteiger partial charge on any atom is 0.498 e. The highest BCUT2D eigenvalue weighted by molar-refractivity contribution is 6.64. The van der Waals surface area contributed by atoms with E-state index in [9.17, 15) is 4.79 Å². The molecule has 20 heavy (non-hydrogen) atoms. The van der Waals surface area contributed by atoms with Crippen LogP contribution in [0.3, 0.4) is 0 Å². The second-order valence-electron chi connectivity index (χ2n) is 6.10.